The molecule has 0 N–H and O–H groups in total. The number of aromatic nitrogens is 8. The third kappa shape index (κ3) is 13.2. The molecule has 8 heteroatoms. The highest BCUT2D eigenvalue weighted by atomic mass is 15.1. The normalized spacial score (nSPS) is 11.6. The van der Waals surface area contributed by atoms with Crippen molar-refractivity contribution < 1.29 is 0 Å². The van der Waals surface area contributed by atoms with Crippen molar-refractivity contribution in [1.82, 2.24) is 39.0 Å². The van der Waals surface area contributed by atoms with Gasteiger partial charge in [-0.25, -0.2) is 29.9 Å². The van der Waals surface area contributed by atoms with Crippen molar-refractivity contribution >= 4 is 43.6 Å². The van der Waals surface area contributed by atoms with Gasteiger partial charge in [-0.15, -0.1) is 0 Å². The fraction of sp³-hybridized carbons (Fsp3) is 0.111. The molecule has 19 aromatic rings. The number of nitrogens with zero attached hydrogens (tertiary/aromatic N) is 8. The van der Waals surface area contributed by atoms with Gasteiger partial charge in [-0.3, -0.25) is 0 Å². The van der Waals surface area contributed by atoms with Crippen LogP contribution < -0.4 is 0 Å². The Balaban J connectivity index is 0.865. The number of hydrogen-bond acceptors (Lipinski definition) is 6. The quantitative estimate of drug-likeness (QED) is 0.108. The Bertz CT molecular complexity index is 6330. The van der Waals surface area contributed by atoms with Crippen LogP contribution in [-0.4, -0.2) is 39.0 Å². The number of fused-ring (bicyclic) bond motifs is 6. The average molecular weight is 1500 g/mol. The topological polar surface area (TPSA) is 87.2 Å². The molecule has 0 unspecified atom stereocenters. The van der Waals surface area contributed by atoms with Gasteiger partial charge in [0, 0.05) is 66.3 Å². The van der Waals surface area contributed by atoms with Crippen LogP contribution in [0.3, 0.4) is 0 Å². The molecule has 0 saturated carbocycles. The molecule has 15 aromatic carbocycles. The summed E-state index contributed by atoms with van der Waals surface area (Å²) < 4.78 is 4.91. The van der Waals surface area contributed by atoms with Crippen molar-refractivity contribution in [3.8, 4) is 146 Å². The van der Waals surface area contributed by atoms with Crippen molar-refractivity contribution in [3.05, 3.63) is 370 Å². The first-order chi connectivity index (χ1) is 56.4. The molecule has 0 atom stereocenters. The molecule has 558 valence electrons. The van der Waals surface area contributed by atoms with Crippen LogP contribution in [0.1, 0.15) is 66.8 Å². The fourth-order valence-corrected chi connectivity index (χ4v) is 18.6. The molecular weight excluding hydrogens is 1410 g/mol. The van der Waals surface area contributed by atoms with E-state index in [0.29, 0.717) is 34.9 Å². The highest BCUT2D eigenvalue weighted by Gasteiger charge is 2.25. The summed E-state index contributed by atoms with van der Waals surface area (Å²) in [6.07, 6.45) is 0. The highest BCUT2D eigenvalue weighted by Crippen LogP contribution is 2.46. The summed E-state index contributed by atoms with van der Waals surface area (Å²) in [7, 11) is 0. The Morgan fingerprint density at radius 2 is 0.371 bits per heavy atom. The Morgan fingerprint density at radius 3 is 0.612 bits per heavy atom. The van der Waals surface area contributed by atoms with Gasteiger partial charge >= 0.3 is 0 Å². The van der Waals surface area contributed by atoms with E-state index < -0.39 is 0 Å². The number of rotatable bonds is 14. The molecule has 19 rings (SSSR count). The minimum atomic E-state index is 0.552. The zero-order chi connectivity index (χ0) is 79.3. The number of aryl methyl sites for hydroxylation is 12. The van der Waals surface area contributed by atoms with E-state index in [4.69, 9.17) is 29.9 Å². The largest absolute Gasteiger partial charge is 0.309 e. The third-order valence-corrected chi connectivity index (χ3v) is 23.2. The second-order valence-electron chi connectivity index (χ2n) is 31.9. The molecule has 0 radical (unpaired) electrons. The molecule has 0 aliphatic heterocycles. The smallest absolute Gasteiger partial charge is 0.164 e. The van der Waals surface area contributed by atoms with Gasteiger partial charge < -0.3 is 9.13 Å². The van der Waals surface area contributed by atoms with E-state index in [2.05, 4.69) is 323 Å². The second kappa shape index (κ2) is 29.1. The first-order valence-electron chi connectivity index (χ1n) is 40.0. The molecule has 4 aromatic heterocycles. The Kier molecular flexibility index (Phi) is 18.1. The minimum absolute atomic E-state index is 0.552. The van der Waals surface area contributed by atoms with Crippen molar-refractivity contribution in [2.24, 2.45) is 0 Å². The fourth-order valence-electron chi connectivity index (χ4n) is 18.6. The summed E-state index contributed by atoms with van der Waals surface area (Å²) >= 11 is 0. The van der Waals surface area contributed by atoms with E-state index >= 15 is 0 Å². The molecule has 0 fully saturated rings. The summed E-state index contributed by atoms with van der Waals surface area (Å²) in [6, 6.07) is 111. The van der Waals surface area contributed by atoms with E-state index in [1.807, 2.05) is 72.8 Å². The lowest BCUT2D eigenvalue weighted by Crippen LogP contribution is -2.02. The molecule has 0 aliphatic carbocycles. The van der Waals surface area contributed by atoms with Gasteiger partial charge in [0.15, 0.2) is 34.9 Å². The monoisotopic (exact) mass is 1490 g/mol. The van der Waals surface area contributed by atoms with Gasteiger partial charge in [-0.05, 0) is 285 Å². The summed E-state index contributed by atoms with van der Waals surface area (Å²) in [5, 5.41) is 4.63. The van der Waals surface area contributed by atoms with Gasteiger partial charge in [0.05, 0.1) is 22.1 Å². The van der Waals surface area contributed by atoms with Crippen LogP contribution in [0.15, 0.2) is 303 Å². The molecule has 0 aliphatic rings. The van der Waals surface area contributed by atoms with Crippen LogP contribution in [0.2, 0.25) is 0 Å². The molecular formula is C108H86N8. The Morgan fingerprint density at radius 1 is 0.164 bits per heavy atom. The highest BCUT2D eigenvalue weighted by molar-refractivity contribution is 6.14. The second-order valence-corrected chi connectivity index (χ2v) is 31.9. The molecule has 4 heterocycles. The van der Waals surface area contributed by atoms with E-state index in [-0.39, 0.29) is 0 Å². The van der Waals surface area contributed by atoms with Gasteiger partial charge in [0.25, 0.3) is 0 Å². The number of hydrogen-bond donors (Lipinski definition) is 0. The predicted octanol–water partition coefficient (Wildman–Crippen LogP) is 28.0. The summed E-state index contributed by atoms with van der Waals surface area (Å²) in [4.78, 5) is 32.3. The maximum absolute atomic E-state index is 5.46. The van der Waals surface area contributed by atoms with Crippen LogP contribution in [0.25, 0.3) is 190 Å². The van der Waals surface area contributed by atoms with Gasteiger partial charge in [-0.1, -0.05) is 235 Å². The first kappa shape index (κ1) is 72.2. The van der Waals surface area contributed by atoms with E-state index in [9.17, 15) is 0 Å². The SMILES string of the molecule is Cc1cc(C)c(-c2ccc3c(c2)c2cc(-c4c(C)cc(C)cc4C)ccc2n3-c2cc(-c3cccc(-c4cc(-c5nc(-c6ccccc6)nc(-c6ccccc6)n5)cc(-n5c6ccc(-c7c(C)cc(C)cc7C)cc6c6cc(-c7c(C)cc(C)cc7C)ccc65)c4)c3)cc(-c3nc(-c4ccccc4)nc(-c4ccccc4)n3)c2)c(C)c1. The maximum atomic E-state index is 5.46. The van der Waals surface area contributed by atoms with Crippen LogP contribution in [0, 0.1) is 83.1 Å². The van der Waals surface area contributed by atoms with Crippen molar-refractivity contribution in [3.63, 3.8) is 0 Å². The summed E-state index contributed by atoms with van der Waals surface area (Å²) in [5.41, 5.74) is 40.2. The van der Waals surface area contributed by atoms with Crippen molar-refractivity contribution in [2.45, 2.75) is 83.1 Å². The van der Waals surface area contributed by atoms with Crippen molar-refractivity contribution in [1.29, 1.82) is 0 Å². The molecule has 116 heavy (non-hydrogen) atoms. The summed E-state index contributed by atoms with van der Waals surface area (Å²) in [5.74, 6) is 3.44. The van der Waals surface area contributed by atoms with Crippen LogP contribution in [0.4, 0.5) is 0 Å². The third-order valence-electron chi connectivity index (χ3n) is 23.2. The molecule has 0 bridgehead atoms. The van der Waals surface area contributed by atoms with Crippen LogP contribution in [0.5, 0.6) is 0 Å². The van der Waals surface area contributed by atoms with E-state index in [1.54, 1.807) is 0 Å². The molecule has 0 amide bonds. The minimum Gasteiger partial charge on any atom is -0.309 e. The molecule has 0 saturated heterocycles. The lowest BCUT2D eigenvalue weighted by molar-refractivity contribution is 1.07. The molecule has 8 nitrogen and oxygen atoms in total. The predicted molar refractivity (Wildman–Crippen MR) is 484 cm³/mol. The van der Waals surface area contributed by atoms with E-state index in [0.717, 1.165) is 111 Å². The standard InChI is InChI=1S/C108H86N8/c1-63-44-67(5)99(68(6)45-63)81-36-40-95-91(59-81)92-60-82(100-69(7)46-64(2)47-70(100)8)37-41-96(92)115(95)89-55-85(53-87(57-89)107-111-103(75-26-17-13-18-27-75)109-104(112-107)76-28-19-14-20-29-76)79-34-25-35-80(52-79)86-54-88(108-113-105(77-30-21-15-22-31-77)110-106(114-108)78-32-23-16-24-33-78)58-90(56-86)116-97-42-38-83(101-71(9)48-65(3)49-72(101)10)61-93(97)94-62-84(39-43-98(94)116)102-73(11)50-66(4)51-74(102)12/h13-62H,1-12H3. The number of benzene rings is 15. The lowest BCUT2D eigenvalue weighted by atomic mass is 9.91. The van der Waals surface area contributed by atoms with E-state index in [1.165, 1.54) is 111 Å². The average Bonchev–Trinajstić information content (AvgIpc) is 1.57. The lowest BCUT2D eigenvalue weighted by Gasteiger charge is -2.17. The first-order valence-corrected chi connectivity index (χ1v) is 40.0. The molecule has 0 spiro atoms. The zero-order valence-electron chi connectivity index (χ0n) is 67.4. The Labute approximate surface area is 677 Å². The van der Waals surface area contributed by atoms with Gasteiger partial charge in [0.2, 0.25) is 0 Å². The Hall–Kier alpha value is -14.1. The van der Waals surface area contributed by atoms with Crippen LogP contribution in [-0.2, 0) is 0 Å². The van der Waals surface area contributed by atoms with Crippen molar-refractivity contribution in [2.75, 3.05) is 0 Å². The van der Waals surface area contributed by atoms with Gasteiger partial charge in [0.1, 0.15) is 0 Å². The van der Waals surface area contributed by atoms with Gasteiger partial charge in [-0.2, -0.15) is 0 Å². The summed E-state index contributed by atoms with van der Waals surface area (Å²) in [6.45, 7) is 26.7. The van der Waals surface area contributed by atoms with Crippen LogP contribution >= 0.6 is 0 Å². The zero-order valence-corrected chi connectivity index (χ0v) is 67.4. The maximum Gasteiger partial charge on any atom is 0.164 e.